The minimum absolute atomic E-state index is 0.0384. The van der Waals surface area contributed by atoms with Crippen LogP contribution >= 0.6 is 0 Å². The lowest BCUT2D eigenvalue weighted by Gasteiger charge is -2.21. The van der Waals surface area contributed by atoms with Crippen LogP contribution in [0.4, 0.5) is 5.69 Å². The molecule has 0 saturated heterocycles. The molecular formula is C17H27N3O3. The van der Waals surface area contributed by atoms with Gasteiger partial charge in [-0.25, -0.2) is 0 Å². The second-order valence-corrected chi connectivity index (χ2v) is 5.63. The number of methoxy groups -OCH3 is 1. The van der Waals surface area contributed by atoms with Crippen LogP contribution in [-0.2, 0) is 9.59 Å². The maximum absolute atomic E-state index is 11.9. The van der Waals surface area contributed by atoms with Crippen LogP contribution in [0.3, 0.4) is 0 Å². The summed E-state index contributed by atoms with van der Waals surface area (Å²) in [5.41, 5.74) is 0.763. The summed E-state index contributed by atoms with van der Waals surface area (Å²) in [6.07, 6.45) is 1.20. The summed E-state index contributed by atoms with van der Waals surface area (Å²) >= 11 is 0. The highest BCUT2D eigenvalue weighted by molar-refractivity contribution is 5.92. The largest absolute Gasteiger partial charge is 0.497 e. The van der Waals surface area contributed by atoms with Crippen LogP contribution in [0.15, 0.2) is 24.3 Å². The predicted octanol–water partition coefficient (Wildman–Crippen LogP) is 1.51. The summed E-state index contributed by atoms with van der Waals surface area (Å²) in [5, 5.41) is 2.88. The molecule has 0 unspecified atom stereocenters. The number of benzene rings is 1. The first kappa shape index (κ1) is 19.0. The predicted molar refractivity (Wildman–Crippen MR) is 91.8 cm³/mol. The molecule has 23 heavy (non-hydrogen) atoms. The molecule has 128 valence electrons. The molecule has 6 heteroatoms. The van der Waals surface area contributed by atoms with Gasteiger partial charge in [0.25, 0.3) is 0 Å². The quantitative estimate of drug-likeness (QED) is 0.700. The van der Waals surface area contributed by atoms with Gasteiger partial charge in [-0.05, 0) is 51.3 Å². The number of anilines is 1. The monoisotopic (exact) mass is 321 g/mol. The molecule has 0 aromatic heterocycles. The van der Waals surface area contributed by atoms with Gasteiger partial charge in [0.15, 0.2) is 0 Å². The zero-order chi connectivity index (χ0) is 17.2. The van der Waals surface area contributed by atoms with Gasteiger partial charge in [-0.1, -0.05) is 0 Å². The van der Waals surface area contributed by atoms with Crippen LogP contribution in [0.5, 0.6) is 5.75 Å². The summed E-state index contributed by atoms with van der Waals surface area (Å²) in [7, 11) is 5.60. The van der Waals surface area contributed by atoms with Crippen molar-refractivity contribution < 1.29 is 14.3 Å². The van der Waals surface area contributed by atoms with Crippen molar-refractivity contribution in [1.29, 1.82) is 0 Å². The van der Waals surface area contributed by atoms with E-state index in [9.17, 15) is 9.59 Å². The molecule has 0 aliphatic rings. The Kier molecular flexibility index (Phi) is 8.11. The third kappa shape index (κ3) is 7.15. The molecule has 1 N–H and O–H groups in total. The molecule has 2 amide bonds. The average molecular weight is 321 g/mol. The van der Waals surface area contributed by atoms with E-state index >= 15 is 0 Å². The molecule has 0 fully saturated rings. The minimum atomic E-state index is -0.0874. The average Bonchev–Trinajstić information content (AvgIpc) is 2.52. The number of carbonyl (C=O) groups is 2. The van der Waals surface area contributed by atoms with E-state index in [0.29, 0.717) is 13.1 Å². The number of carbonyl (C=O) groups excluding carboxylic acids is 2. The van der Waals surface area contributed by atoms with Crippen LogP contribution in [-0.4, -0.2) is 57.6 Å². The van der Waals surface area contributed by atoms with Gasteiger partial charge in [-0.3, -0.25) is 9.59 Å². The van der Waals surface area contributed by atoms with Gasteiger partial charge >= 0.3 is 0 Å². The molecule has 1 aromatic rings. The van der Waals surface area contributed by atoms with Gasteiger partial charge < -0.3 is 19.9 Å². The third-order valence-corrected chi connectivity index (χ3v) is 3.43. The molecule has 6 nitrogen and oxygen atoms in total. The van der Waals surface area contributed by atoms with Gasteiger partial charge in [0, 0.05) is 32.1 Å². The fourth-order valence-corrected chi connectivity index (χ4v) is 2.16. The van der Waals surface area contributed by atoms with Crippen LogP contribution in [0, 0.1) is 0 Å². The second kappa shape index (κ2) is 9.84. The Bertz CT molecular complexity index is 500. The van der Waals surface area contributed by atoms with Crippen molar-refractivity contribution in [3.63, 3.8) is 0 Å². The van der Waals surface area contributed by atoms with Crippen LogP contribution in [0.2, 0.25) is 0 Å². The van der Waals surface area contributed by atoms with Crippen LogP contribution in [0.25, 0.3) is 0 Å². The van der Waals surface area contributed by atoms with E-state index in [1.165, 1.54) is 6.92 Å². The first-order valence-electron chi connectivity index (χ1n) is 7.77. The maximum Gasteiger partial charge on any atom is 0.223 e. The van der Waals surface area contributed by atoms with E-state index in [0.717, 1.165) is 24.4 Å². The zero-order valence-corrected chi connectivity index (χ0v) is 14.5. The molecule has 1 aromatic carbocycles. The SMILES string of the molecule is COc1ccc(N(CCC(=O)NCCCN(C)C)C(C)=O)cc1. The number of ether oxygens (including phenoxy) is 1. The molecule has 0 atom stereocenters. The molecule has 0 radical (unpaired) electrons. The fourth-order valence-electron chi connectivity index (χ4n) is 2.16. The van der Waals surface area contributed by atoms with Crippen molar-refractivity contribution in [3.8, 4) is 5.75 Å². The Balaban J connectivity index is 2.46. The number of nitrogens with one attached hydrogen (secondary N) is 1. The highest BCUT2D eigenvalue weighted by Gasteiger charge is 2.13. The minimum Gasteiger partial charge on any atom is -0.497 e. The van der Waals surface area contributed by atoms with Gasteiger partial charge in [-0.2, -0.15) is 0 Å². The Labute approximate surface area is 138 Å². The second-order valence-electron chi connectivity index (χ2n) is 5.63. The van der Waals surface area contributed by atoms with Crippen molar-refractivity contribution in [2.24, 2.45) is 0 Å². The first-order valence-corrected chi connectivity index (χ1v) is 7.77. The fraction of sp³-hybridized carbons (Fsp3) is 0.529. The Morgan fingerprint density at radius 1 is 1.13 bits per heavy atom. The highest BCUT2D eigenvalue weighted by Crippen LogP contribution is 2.19. The van der Waals surface area contributed by atoms with Gasteiger partial charge in [-0.15, -0.1) is 0 Å². The standard InChI is InChI=1S/C17H27N3O3/c1-14(21)20(15-6-8-16(23-4)9-7-15)13-10-17(22)18-11-5-12-19(2)3/h6-9H,5,10-13H2,1-4H3,(H,18,22). The summed E-state index contributed by atoms with van der Waals surface area (Å²) in [6, 6.07) is 7.23. The number of amides is 2. The van der Waals surface area contributed by atoms with Gasteiger partial charge in [0.2, 0.25) is 11.8 Å². The number of hydrogen-bond donors (Lipinski definition) is 1. The zero-order valence-electron chi connectivity index (χ0n) is 14.5. The van der Waals surface area contributed by atoms with Crippen LogP contribution < -0.4 is 15.0 Å². The topological polar surface area (TPSA) is 61.9 Å². The number of rotatable bonds is 9. The van der Waals surface area contributed by atoms with Crippen molar-refractivity contribution in [3.05, 3.63) is 24.3 Å². The van der Waals surface area contributed by atoms with Crippen molar-refractivity contribution in [2.75, 3.05) is 45.7 Å². The van der Waals surface area contributed by atoms with Crippen molar-refractivity contribution in [1.82, 2.24) is 10.2 Å². The Morgan fingerprint density at radius 3 is 2.30 bits per heavy atom. The molecule has 0 bridgehead atoms. The Morgan fingerprint density at radius 2 is 1.78 bits per heavy atom. The third-order valence-electron chi connectivity index (χ3n) is 3.43. The van der Waals surface area contributed by atoms with Gasteiger partial charge in [0.1, 0.15) is 5.75 Å². The molecule has 1 rings (SSSR count). The normalized spacial score (nSPS) is 10.5. The van der Waals surface area contributed by atoms with Gasteiger partial charge in [0.05, 0.1) is 7.11 Å². The number of nitrogens with zero attached hydrogens (tertiary/aromatic N) is 2. The molecular weight excluding hydrogens is 294 g/mol. The molecule has 0 aliphatic carbocycles. The lowest BCUT2D eigenvalue weighted by Crippen LogP contribution is -2.34. The van der Waals surface area contributed by atoms with E-state index < -0.39 is 0 Å². The van der Waals surface area contributed by atoms with Crippen molar-refractivity contribution in [2.45, 2.75) is 19.8 Å². The first-order chi connectivity index (χ1) is 10.9. The van der Waals surface area contributed by atoms with E-state index in [1.54, 1.807) is 24.1 Å². The Hall–Kier alpha value is -2.08. The maximum atomic E-state index is 11.9. The van der Waals surface area contributed by atoms with E-state index in [-0.39, 0.29) is 18.2 Å². The highest BCUT2D eigenvalue weighted by atomic mass is 16.5. The smallest absolute Gasteiger partial charge is 0.223 e. The molecule has 0 saturated carbocycles. The summed E-state index contributed by atoms with van der Waals surface area (Å²) in [4.78, 5) is 27.3. The van der Waals surface area contributed by atoms with E-state index in [4.69, 9.17) is 4.74 Å². The molecule has 0 spiro atoms. The molecule has 0 aliphatic heterocycles. The van der Waals surface area contributed by atoms with E-state index in [2.05, 4.69) is 10.2 Å². The van der Waals surface area contributed by atoms with E-state index in [1.807, 2.05) is 26.2 Å². The molecule has 0 heterocycles. The van der Waals surface area contributed by atoms with Crippen LogP contribution in [0.1, 0.15) is 19.8 Å². The van der Waals surface area contributed by atoms with Crippen molar-refractivity contribution >= 4 is 17.5 Å². The summed E-state index contributed by atoms with van der Waals surface area (Å²) in [5.74, 6) is 0.606. The lowest BCUT2D eigenvalue weighted by atomic mass is 10.2. The number of hydrogen-bond acceptors (Lipinski definition) is 4. The summed E-state index contributed by atoms with van der Waals surface area (Å²) in [6.45, 7) is 3.45. The lowest BCUT2D eigenvalue weighted by molar-refractivity contribution is -0.121. The summed E-state index contributed by atoms with van der Waals surface area (Å²) < 4.78 is 5.11.